The maximum atomic E-state index is 14.0. The lowest BCUT2D eigenvalue weighted by atomic mass is 10.2. The molecule has 132 valence electrons. The van der Waals surface area contributed by atoms with E-state index in [2.05, 4.69) is 15.0 Å². The molecule has 0 bridgehead atoms. The molecule has 0 fully saturated rings. The first-order valence-electron chi connectivity index (χ1n) is 7.71. The SMILES string of the molecule is COC(=O)c1ccc(F)c(NC(=O)c2nc(-c3ccccc3)oc2C)c1. The third-order valence-corrected chi connectivity index (χ3v) is 3.67. The number of ether oxygens (including phenoxy) is 1. The van der Waals surface area contributed by atoms with E-state index in [0.717, 1.165) is 6.07 Å². The normalized spacial score (nSPS) is 10.4. The number of aromatic nitrogens is 1. The molecule has 0 unspecified atom stereocenters. The highest BCUT2D eigenvalue weighted by atomic mass is 19.1. The lowest BCUT2D eigenvalue weighted by Gasteiger charge is -2.07. The van der Waals surface area contributed by atoms with Gasteiger partial charge in [-0.15, -0.1) is 0 Å². The number of oxazole rings is 1. The van der Waals surface area contributed by atoms with Crippen LogP contribution >= 0.6 is 0 Å². The number of benzene rings is 2. The summed E-state index contributed by atoms with van der Waals surface area (Å²) in [5, 5.41) is 2.41. The summed E-state index contributed by atoms with van der Waals surface area (Å²) in [5.41, 5.74) is 0.716. The number of hydrogen-bond acceptors (Lipinski definition) is 5. The molecule has 0 spiro atoms. The van der Waals surface area contributed by atoms with Crippen molar-refractivity contribution in [2.75, 3.05) is 12.4 Å². The zero-order valence-corrected chi connectivity index (χ0v) is 14.1. The summed E-state index contributed by atoms with van der Waals surface area (Å²) < 4.78 is 24.1. The van der Waals surface area contributed by atoms with Crippen LogP contribution in [-0.4, -0.2) is 24.0 Å². The Kier molecular flexibility index (Phi) is 4.79. The zero-order chi connectivity index (χ0) is 18.7. The van der Waals surface area contributed by atoms with Crippen molar-refractivity contribution in [1.82, 2.24) is 4.98 Å². The summed E-state index contributed by atoms with van der Waals surface area (Å²) in [4.78, 5) is 28.2. The Morgan fingerprint density at radius 1 is 1.15 bits per heavy atom. The smallest absolute Gasteiger partial charge is 0.337 e. The fraction of sp³-hybridized carbons (Fsp3) is 0.105. The fourth-order valence-electron chi connectivity index (χ4n) is 2.36. The minimum Gasteiger partial charge on any atom is -0.465 e. The van der Waals surface area contributed by atoms with Gasteiger partial charge in [-0.1, -0.05) is 18.2 Å². The topological polar surface area (TPSA) is 81.4 Å². The van der Waals surface area contributed by atoms with Gasteiger partial charge in [0.2, 0.25) is 5.89 Å². The van der Waals surface area contributed by atoms with Gasteiger partial charge in [0.1, 0.15) is 11.6 Å². The number of methoxy groups -OCH3 is 1. The predicted molar refractivity (Wildman–Crippen MR) is 92.4 cm³/mol. The van der Waals surface area contributed by atoms with Crippen molar-refractivity contribution < 1.29 is 23.1 Å². The van der Waals surface area contributed by atoms with Crippen LogP contribution in [0.3, 0.4) is 0 Å². The van der Waals surface area contributed by atoms with Crippen molar-refractivity contribution in [2.24, 2.45) is 0 Å². The highest BCUT2D eigenvalue weighted by molar-refractivity contribution is 6.04. The number of halogens is 1. The second kappa shape index (κ2) is 7.18. The van der Waals surface area contributed by atoms with Crippen molar-refractivity contribution in [1.29, 1.82) is 0 Å². The number of nitrogens with zero attached hydrogens (tertiary/aromatic N) is 1. The van der Waals surface area contributed by atoms with Crippen LogP contribution in [0.25, 0.3) is 11.5 Å². The van der Waals surface area contributed by atoms with Crippen LogP contribution in [-0.2, 0) is 4.74 Å². The third-order valence-electron chi connectivity index (χ3n) is 3.67. The molecule has 0 aliphatic carbocycles. The van der Waals surface area contributed by atoms with Gasteiger partial charge in [-0.2, -0.15) is 0 Å². The average Bonchev–Trinajstić information content (AvgIpc) is 3.05. The van der Waals surface area contributed by atoms with Crippen molar-refractivity contribution >= 4 is 17.6 Å². The van der Waals surface area contributed by atoms with Gasteiger partial charge in [0, 0.05) is 5.56 Å². The quantitative estimate of drug-likeness (QED) is 0.720. The van der Waals surface area contributed by atoms with E-state index in [1.54, 1.807) is 19.1 Å². The van der Waals surface area contributed by atoms with Gasteiger partial charge < -0.3 is 14.5 Å². The molecule has 0 radical (unpaired) electrons. The molecule has 0 aliphatic rings. The van der Waals surface area contributed by atoms with E-state index in [4.69, 9.17) is 4.42 Å². The maximum Gasteiger partial charge on any atom is 0.337 e. The minimum atomic E-state index is -0.685. The molecule has 1 aromatic heterocycles. The molecule has 1 N–H and O–H groups in total. The molecule has 3 aromatic rings. The molecule has 3 rings (SSSR count). The van der Waals surface area contributed by atoms with Gasteiger partial charge in [-0.05, 0) is 37.3 Å². The molecule has 6 nitrogen and oxygen atoms in total. The van der Waals surface area contributed by atoms with Crippen LogP contribution in [0.2, 0.25) is 0 Å². The molecule has 0 saturated carbocycles. The van der Waals surface area contributed by atoms with Crippen LogP contribution in [0.4, 0.5) is 10.1 Å². The number of carbonyl (C=O) groups is 2. The van der Waals surface area contributed by atoms with Gasteiger partial charge in [0.25, 0.3) is 5.91 Å². The average molecular weight is 354 g/mol. The maximum absolute atomic E-state index is 14.0. The fourth-order valence-corrected chi connectivity index (χ4v) is 2.36. The largest absolute Gasteiger partial charge is 0.465 e. The third kappa shape index (κ3) is 3.46. The van der Waals surface area contributed by atoms with E-state index >= 15 is 0 Å². The van der Waals surface area contributed by atoms with E-state index in [9.17, 15) is 14.0 Å². The molecule has 0 atom stereocenters. The van der Waals surface area contributed by atoms with Crippen molar-refractivity contribution in [2.45, 2.75) is 6.92 Å². The van der Waals surface area contributed by atoms with Crippen molar-refractivity contribution in [3.05, 3.63) is 71.4 Å². The van der Waals surface area contributed by atoms with E-state index in [1.807, 2.05) is 18.2 Å². The highest BCUT2D eigenvalue weighted by Gasteiger charge is 2.20. The van der Waals surface area contributed by atoms with E-state index in [0.29, 0.717) is 11.3 Å². The van der Waals surface area contributed by atoms with Gasteiger partial charge in [0.05, 0.1) is 18.4 Å². The Bertz CT molecular complexity index is 967. The summed E-state index contributed by atoms with van der Waals surface area (Å²) in [7, 11) is 1.22. The van der Waals surface area contributed by atoms with Gasteiger partial charge in [-0.25, -0.2) is 14.2 Å². The molecule has 2 aromatic carbocycles. The first kappa shape index (κ1) is 17.3. The number of nitrogens with one attached hydrogen (secondary N) is 1. The van der Waals surface area contributed by atoms with E-state index in [-0.39, 0.29) is 22.8 Å². The van der Waals surface area contributed by atoms with Crippen LogP contribution in [0.5, 0.6) is 0 Å². The summed E-state index contributed by atoms with van der Waals surface area (Å²) in [5.74, 6) is -1.38. The minimum absolute atomic E-state index is 0.0340. The monoisotopic (exact) mass is 354 g/mol. The Labute approximate surface area is 148 Å². The van der Waals surface area contributed by atoms with Gasteiger partial charge in [-0.3, -0.25) is 4.79 Å². The van der Waals surface area contributed by atoms with Crippen LogP contribution in [0, 0.1) is 12.7 Å². The molecule has 26 heavy (non-hydrogen) atoms. The number of rotatable bonds is 4. The van der Waals surface area contributed by atoms with Crippen LogP contribution < -0.4 is 5.32 Å². The standard InChI is InChI=1S/C19H15FN2O4/c1-11-16(22-18(26-11)12-6-4-3-5-7-12)17(23)21-15-10-13(19(24)25-2)8-9-14(15)20/h3-10H,1-2H3,(H,21,23). The number of anilines is 1. The molecule has 0 aliphatic heterocycles. The number of carbonyl (C=O) groups excluding carboxylic acids is 2. The lowest BCUT2D eigenvalue weighted by molar-refractivity contribution is 0.0600. The van der Waals surface area contributed by atoms with Crippen LogP contribution in [0.15, 0.2) is 52.9 Å². The molecule has 0 saturated heterocycles. The lowest BCUT2D eigenvalue weighted by Crippen LogP contribution is -2.15. The number of hydrogen-bond donors (Lipinski definition) is 1. The van der Waals surface area contributed by atoms with Crippen LogP contribution in [0.1, 0.15) is 26.6 Å². The Balaban J connectivity index is 1.87. The van der Waals surface area contributed by atoms with E-state index in [1.165, 1.54) is 19.2 Å². The number of amides is 1. The number of esters is 1. The Morgan fingerprint density at radius 2 is 1.88 bits per heavy atom. The molecule has 1 heterocycles. The highest BCUT2D eigenvalue weighted by Crippen LogP contribution is 2.23. The summed E-state index contributed by atoms with van der Waals surface area (Å²) >= 11 is 0. The Hall–Kier alpha value is -3.48. The number of aryl methyl sites for hydroxylation is 1. The first-order valence-corrected chi connectivity index (χ1v) is 7.71. The molecule has 1 amide bonds. The Morgan fingerprint density at radius 3 is 2.58 bits per heavy atom. The van der Waals surface area contributed by atoms with Gasteiger partial charge in [0.15, 0.2) is 5.69 Å². The molecular formula is C19H15FN2O4. The molecule has 7 heteroatoms. The second-order valence-electron chi connectivity index (χ2n) is 5.43. The summed E-state index contributed by atoms with van der Waals surface area (Å²) in [6, 6.07) is 12.6. The predicted octanol–water partition coefficient (Wildman–Crippen LogP) is 3.83. The summed E-state index contributed by atoms with van der Waals surface area (Å²) in [6.07, 6.45) is 0. The van der Waals surface area contributed by atoms with Crippen molar-refractivity contribution in [3.8, 4) is 11.5 Å². The molecular weight excluding hydrogens is 339 g/mol. The second-order valence-corrected chi connectivity index (χ2v) is 5.43. The van der Waals surface area contributed by atoms with Crippen molar-refractivity contribution in [3.63, 3.8) is 0 Å². The van der Waals surface area contributed by atoms with E-state index < -0.39 is 17.7 Å². The first-order chi connectivity index (χ1) is 12.5. The summed E-state index contributed by atoms with van der Waals surface area (Å²) in [6.45, 7) is 1.59. The van der Waals surface area contributed by atoms with Gasteiger partial charge >= 0.3 is 5.97 Å². The zero-order valence-electron chi connectivity index (χ0n) is 14.1.